The van der Waals surface area contributed by atoms with E-state index >= 15 is 0 Å². The van der Waals surface area contributed by atoms with Gasteiger partial charge in [-0.05, 0) is 17.1 Å². The molecule has 0 aromatic heterocycles. The van der Waals surface area contributed by atoms with Gasteiger partial charge in [-0.2, -0.15) is 0 Å². The summed E-state index contributed by atoms with van der Waals surface area (Å²) in [5.41, 5.74) is 0.940. The van der Waals surface area contributed by atoms with Crippen LogP contribution in [0.5, 0.6) is 0 Å². The molecule has 0 saturated heterocycles. The molecule has 0 bridgehead atoms. The van der Waals surface area contributed by atoms with E-state index < -0.39 is 13.1 Å². The van der Waals surface area contributed by atoms with Gasteiger partial charge in [0.1, 0.15) is 0 Å². The largest absolute Gasteiger partial charge is 0.488 e. The van der Waals surface area contributed by atoms with Crippen LogP contribution < -0.4 is 5.46 Å². The van der Waals surface area contributed by atoms with Crippen LogP contribution >= 0.6 is 0 Å². The average Bonchev–Trinajstić information content (AvgIpc) is 2.15. The molecule has 6 heteroatoms. The first kappa shape index (κ1) is 14.1. The second-order valence-electron chi connectivity index (χ2n) is 2.72. The van der Waals surface area contributed by atoms with E-state index in [0.717, 1.165) is 6.08 Å². The number of carbonyl (C=O) groups is 1. The Morgan fingerprint density at radius 1 is 1.33 bits per heavy atom. The zero-order valence-electron chi connectivity index (χ0n) is 7.79. The standard InChI is InChI=1S/C9H9BO4.Ti/c11-9(12)5-4-7-2-1-3-8(6-7)10(13)14;/h1-6,13-14H,(H,11,12);. The summed E-state index contributed by atoms with van der Waals surface area (Å²) in [7, 11) is -1.53. The van der Waals surface area contributed by atoms with Gasteiger partial charge in [0.05, 0.1) is 0 Å². The van der Waals surface area contributed by atoms with Crippen molar-refractivity contribution in [2.45, 2.75) is 0 Å². The molecule has 0 aliphatic rings. The molecule has 0 aliphatic carbocycles. The van der Waals surface area contributed by atoms with E-state index in [9.17, 15) is 4.79 Å². The predicted molar refractivity (Wildman–Crippen MR) is 52.9 cm³/mol. The van der Waals surface area contributed by atoms with Gasteiger partial charge in [-0.25, -0.2) is 4.79 Å². The van der Waals surface area contributed by atoms with Gasteiger partial charge in [0.15, 0.2) is 0 Å². The Balaban J connectivity index is 0.00000196. The molecule has 0 aliphatic heterocycles. The van der Waals surface area contributed by atoms with E-state index in [2.05, 4.69) is 0 Å². The fourth-order valence-electron chi connectivity index (χ4n) is 0.991. The maximum Gasteiger partial charge on any atom is 0.488 e. The van der Waals surface area contributed by atoms with E-state index in [1.165, 1.54) is 12.1 Å². The van der Waals surface area contributed by atoms with E-state index in [-0.39, 0.29) is 21.7 Å². The Kier molecular flexibility index (Phi) is 6.20. The Bertz CT molecular complexity index is 365. The summed E-state index contributed by atoms with van der Waals surface area (Å²) in [6.07, 6.45) is 2.37. The maximum absolute atomic E-state index is 10.2. The number of hydrogen-bond donors (Lipinski definition) is 3. The number of carboxylic acid groups (broad SMARTS) is 1. The van der Waals surface area contributed by atoms with Crippen LogP contribution in [0.2, 0.25) is 0 Å². The third kappa shape index (κ3) is 4.95. The topological polar surface area (TPSA) is 77.8 Å². The van der Waals surface area contributed by atoms with Crippen molar-refractivity contribution in [2.75, 3.05) is 0 Å². The zero-order valence-corrected chi connectivity index (χ0v) is 9.35. The molecule has 1 aromatic carbocycles. The van der Waals surface area contributed by atoms with Gasteiger partial charge >= 0.3 is 13.1 Å². The average molecular weight is 240 g/mol. The number of hydrogen-bond acceptors (Lipinski definition) is 3. The van der Waals surface area contributed by atoms with Crippen molar-refractivity contribution in [3.05, 3.63) is 35.9 Å². The number of carboxylic acids is 1. The van der Waals surface area contributed by atoms with E-state index in [0.29, 0.717) is 11.0 Å². The molecule has 4 nitrogen and oxygen atoms in total. The Morgan fingerprint density at radius 3 is 2.53 bits per heavy atom. The Morgan fingerprint density at radius 2 is 2.00 bits per heavy atom. The van der Waals surface area contributed by atoms with Crippen LogP contribution in [0.3, 0.4) is 0 Å². The first-order valence-corrected chi connectivity index (χ1v) is 3.96. The number of aliphatic carboxylic acids is 1. The van der Waals surface area contributed by atoms with Crippen LogP contribution in [0.15, 0.2) is 30.3 Å². The minimum Gasteiger partial charge on any atom is -0.478 e. The van der Waals surface area contributed by atoms with E-state index in [1.54, 1.807) is 18.2 Å². The van der Waals surface area contributed by atoms with Gasteiger partial charge in [-0.15, -0.1) is 0 Å². The third-order valence-corrected chi connectivity index (χ3v) is 1.63. The minimum absolute atomic E-state index is 0. The van der Waals surface area contributed by atoms with E-state index in [4.69, 9.17) is 15.2 Å². The molecule has 0 heterocycles. The molecule has 0 atom stereocenters. The SMILES string of the molecule is O=C(O)C=Cc1cccc(B(O)O)c1.[Ti]. The number of benzene rings is 1. The van der Waals surface area contributed by atoms with Gasteiger partial charge in [0.2, 0.25) is 0 Å². The van der Waals surface area contributed by atoms with Crippen molar-refractivity contribution in [1.82, 2.24) is 0 Å². The molecule has 1 aromatic rings. The van der Waals surface area contributed by atoms with Gasteiger partial charge in [-0.3, -0.25) is 0 Å². The first-order chi connectivity index (χ1) is 6.59. The smallest absolute Gasteiger partial charge is 0.478 e. The Hall–Kier alpha value is -0.871. The van der Waals surface area contributed by atoms with E-state index in [1.807, 2.05) is 0 Å². The molecule has 0 radical (unpaired) electrons. The summed E-state index contributed by atoms with van der Waals surface area (Å²) in [6.45, 7) is 0. The molecule has 0 spiro atoms. The molecule has 3 N–H and O–H groups in total. The van der Waals surface area contributed by atoms with Gasteiger partial charge in [0.25, 0.3) is 0 Å². The monoisotopic (exact) mass is 240 g/mol. The van der Waals surface area contributed by atoms with Gasteiger partial charge in [0, 0.05) is 27.8 Å². The van der Waals surface area contributed by atoms with Crippen LogP contribution in [0.25, 0.3) is 6.08 Å². The quantitative estimate of drug-likeness (QED) is 0.489. The zero-order chi connectivity index (χ0) is 10.6. The van der Waals surface area contributed by atoms with Crippen molar-refractivity contribution in [3.63, 3.8) is 0 Å². The Labute approximate surface area is 102 Å². The van der Waals surface area contributed by atoms with Gasteiger partial charge in [-0.1, -0.05) is 24.3 Å². The summed E-state index contributed by atoms with van der Waals surface area (Å²) in [4.78, 5) is 10.2. The fraction of sp³-hybridized carbons (Fsp3) is 0. The van der Waals surface area contributed by atoms with Crippen LogP contribution in [-0.2, 0) is 26.5 Å². The summed E-state index contributed by atoms with van der Waals surface area (Å²) >= 11 is 0. The molecule has 0 amide bonds. The number of rotatable bonds is 3. The molecule has 0 saturated carbocycles. The minimum atomic E-state index is -1.53. The van der Waals surface area contributed by atoms with Crippen molar-refractivity contribution in [3.8, 4) is 0 Å². The van der Waals surface area contributed by atoms with Crippen LogP contribution in [0.4, 0.5) is 0 Å². The third-order valence-electron chi connectivity index (χ3n) is 1.63. The molecule has 0 unspecified atom stereocenters. The van der Waals surface area contributed by atoms with Crippen LogP contribution in [0.1, 0.15) is 5.56 Å². The molecular weight excluding hydrogens is 231 g/mol. The maximum atomic E-state index is 10.2. The molecule has 15 heavy (non-hydrogen) atoms. The van der Waals surface area contributed by atoms with Crippen LogP contribution in [-0.4, -0.2) is 28.2 Å². The van der Waals surface area contributed by atoms with Crippen molar-refractivity contribution in [1.29, 1.82) is 0 Å². The summed E-state index contributed by atoms with van der Waals surface area (Å²) in [6, 6.07) is 6.34. The van der Waals surface area contributed by atoms with Crippen LogP contribution in [0, 0.1) is 0 Å². The second-order valence-corrected chi connectivity index (χ2v) is 2.72. The normalized spacial score (nSPS) is 9.73. The fourth-order valence-corrected chi connectivity index (χ4v) is 0.991. The van der Waals surface area contributed by atoms with Crippen molar-refractivity contribution < 1.29 is 41.7 Å². The van der Waals surface area contributed by atoms with Crippen molar-refractivity contribution in [2.24, 2.45) is 0 Å². The van der Waals surface area contributed by atoms with Gasteiger partial charge < -0.3 is 15.2 Å². The second kappa shape index (κ2) is 6.58. The summed E-state index contributed by atoms with van der Waals surface area (Å²) in [5, 5.41) is 26.0. The molecule has 76 valence electrons. The first-order valence-electron chi connectivity index (χ1n) is 3.96. The predicted octanol–water partition coefficient (Wildman–Crippen LogP) is -0.538. The summed E-state index contributed by atoms with van der Waals surface area (Å²) < 4.78 is 0. The molecular formula is C9H9BO4Ti. The molecule has 0 fully saturated rings. The van der Waals surface area contributed by atoms with Crippen molar-refractivity contribution >= 4 is 24.6 Å². The molecule has 1 rings (SSSR count). The summed E-state index contributed by atoms with van der Waals surface area (Å²) in [5.74, 6) is -1.04.